The van der Waals surface area contributed by atoms with E-state index in [4.69, 9.17) is 0 Å². The third-order valence-electron chi connectivity index (χ3n) is 5.17. The fourth-order valence-electron chi connectivity index (χ4n) is 3.46. The first-order chi connectivity index (χ1) is 14.8. The highest BCUT2D eigenvalue weighted by Crippen LogP contribution is 2.20. The minimum atomic E-state index is -3.55. The highest BCUT2D eigenvalue weighted by atomic mass is 32.2. The molecule has 7 nitrogen and oxygen atoms in total. The summed E-state index contributed by atoms with van der Waals surface area (Å²) in [7, 11) is -3.55. The zero-order chi connectivity index (χ0) is 22.3. The van der Waals surface area contributed by atoms with Crippen LogP contribution in [0.15, 0.2) is 53.4 Å². The molecular weight excluding hydrogens is 421 g/mol. The van der Waals surface area contributed by atoms with Crippen LogP contribution in [0.4, 0.5) is 10.1 Å². The highest BCUT2D eigenvalue weighted by Gasteiger charge is 2.21. The minimum Gasteiger partial charge on any atom is -0.347 e. The van der Waals surface area contributed by atoms with Gasteiger partial charge >= 0.3 is 11.8 Å². The molecule has 0 aliphatic heterocycles. The Morgan fingerprint density at radius 1 is 0.903 bits per heavy atom. The monoisotopic (exact) mass is 447 g/mol. The van der Waals surface area contributed by atoms with Crippen molar-refractivity contribution in [3.63, 3.8) is 0 Å². The lowest BCUT2D eigenvalue weighted by Crippen LogP contribution is -2.36. The molecule has 3 N–H and O–H groups in total. The normalized spacial score (nSPS) is 14.7. The third-order valence-corrected chi connectivity index (χ3v) is 6.70. The zero-order valence-corrected chi connectivity index (χ0v) is 17.9. The second-order valence-electron chi connectivity index (χ2n) is 7.57. The second-order valence-corrected chi connectivity index (χ2v) is 9.28. The molecule has 0 spiro atoms. The minimum absolute atomic E-state index is 0.00491. The lowest BCUT2D eigenvalue weighted by molar-refractivity contribution is -0.136. The molecule has 1 aliphatic carbocycles. The maximum Gasteiger partial charge on any atom is 0.313 e. The van der Waals surface area contributed by atoms with Crippen LogP contribution in [0.2, 0.25) is 0 Å². The van der Waals surface area contributed by atoms with Crippen molar-refractivity contribution in [3.05, 3.63) is 59.9 Å². The van der Waals surface area contributed by atoms with Crippen LogP contribution in [-0.4, -0.2) is 32.8 Å². The number of amides is 2. The topological polar surface area (TPSA) is 104 Å². The van der Waals surface area contributed by atoms with Crippen LogP contribution < -0.4 is 15.4 Å². The lowest BCUT2D eigenvalue weighted by Gasteiger charge is -2.22. The van der Waals surface area contributed by atoms with Gasteiger partial charge in [0.1, 0.15) is 5.82 Å². The summed E-state index contributed by atoms with van der Waals surface area (Å²) in [5, 5.41) is 4.89. The average molecular weight is 448 g/mol. The molecule has 31 heavy (non-hydrogen) atoms. The van der Waals surface area contributed by atoms with E-state index in [2.05, 4.69) is 15.4 Å². The molecule has 0 saturated heterocycles. The molecule has 3 rings (SSSR count). The van der Waals surface area contributed by atoms with Crippen molar-refractivity contribution >= 4 is 27.5 Å². The van der Waals surface area contributed by atoms with Gasteiger partial charge in [0.2, 0.25) is 10.0 Å². The van der Waals surface area contributed by atoms with Crippen molar-refractivity contribution in [2.45, 2.75) is 49.5 Å². The van der Waals surface area contributed by atoms with Gasteiger partial charge in [0, 0.05) is 18.3 Å². The Balaban J connectivity index is 1.45. The molecule has 1 fully saturated rings. The summed E-state index contributed by atoms with van der Waals surface area (Å²) < 4.78 is 40.7. The number of rotatable bonds is 7. The van der Waals surface area contributed by atoms with Gasteiger partial charge in [-0.15, -0.1) is 0 Å². The fourth-order valence-corrected chi connectivity index (χ4v) is 4.77. The number of halogens is 1. The van der Waals surface area contributed by atoms with Crippen LogP contribution in [0.25, 0.3) is 0 Å². The van der Waals surface area contributed by atoms with Crippen molar-refractivity contribution in [1.82, 2.24) is 10.0 Å². The van der Waals surface area contributed by atoms with Crippen LogP contribution >= 0.6 is 0 Å². The molecule has 2 amide bonds. The molecule has 2 aromatic carbocycles. The molecule has 0 atom stereocenters. The summed E-state index contributed by atoms with van der Waals surface area (Å²) in [6.07, 6.45) is 5.40. The van der Waals surface area contributed by atoms with Crippen LogP contribution in [0, 0.1) is 5.82 Å². The largest absolute Gasteiger partial charge is 0.347 e. The molecule has 9 heteroatoms. The van der Waals surface area contributed by atoms with Crippen LogP contribution in [0.5, 0.6) is 0 Å². The number of nitrogens with one attached hydrogen (secondary N) is 3. The molecule has 166 valence electrons. The SMILES string of the molecule is O=C(NCCc1ccc(S(=O)(=O)NC2CCCCC2)cc1)C(=O)Nc1ccc(F)cc1. The standard InChI is InChI=1S/C22H26FN3O4S/c23-17-8-10-18(11-9-17)25-22(28)21(27)24-15-14-16-6-12-20(13-7-16)31(29,30)26-19-4-2-1-3-5-19/h6-13,19,26H,1-5,14-15H2,(H,24,27)(H,25,28). The van der Waals surface area contributed by atoms with Gasteiger partial charge in [0.25, 0.3) is 0 Å². The smallest absolute Gasteiger partial charge is 0.313 e. The summed E-state index contributed by atoms with van der Waals surface area (Å²) in [4.78, 5) is 24.0. The molecule has 1 aliphatic rings. The van der Waals surface area contributed by atoms with E-state index in [1.165, 1.54) is 24.3 Å². The maximum absolute atomic E-state index is 12.9. The van der Waals surface area contributed by atoms with E-state index in [1.807, 2.05) is 0 Å². The molecule has 2 aromatic rings. The molecule has 0 radical (unpaired) electrons. The van der Waals surface area contributed by atoms with Crippen molar-refractivity contribution in [3.8, 4) is 0 Å². The Morgan fingerprint density at radius 3 is 2.19 bits per heavy atom. The summed E-state index contributed by atoms with van der Waals surface area (Å²) >= 11 is 0. The van der Waals surface area contributed by atoms with Crippen LogP contribution in [0.3, 0.4) is 0 Å². The third kappa shape index (κ3) is 6.86. The molecular formula is C22H26FN3O4S. The lowest BCUT2D eigenvalue weighted by atomic mass is 9.96. The van der Waals surface area contributed by atoms with Gasteiger partial charge in [-0.25, -0.2) is 17.5 Å². The quantitative estimate of drug-likeness (QED) is 0.568. The number of hydrogen-bond donors (Lipinski definition) is 3. The van der Waals surface area contributed by atoms with Gasteiger partial charge in [-0.1, -0.05) is 31.4 Å². The Bertz CT molecular complexity index is 1000. The average Bonchev–Trinajstić information content (AvgIpc) is 2.76. The highest BCUT2D eigenvalue weighted by molar-refractivity contribution is 7.89. The van der Waals surface area contributed by atoms with Gasteiger partial charge < -0.3 is 10.6 Å². The molecule has 0 unspecified atom stereocenters. The van der Waals surface area contributed by atoms with Crippen molar-refractivity contribution in [2.24, 2.45) is 0 Å². The predicted molar refractivity (Wildman–Crippen MR) is 115 cm³/mol. The Kier molecular flexibility index (Phi) is 7.75. The van der Waals surface area contributed by atoms with E-state index in [-0.39, 0.29) is 17.5 Å². The second kappa shape index (κ2) is 10.5. The maximum atomic E-state index is 12.9. The summed E-state index contributed by atoms with van der Waals surface area (Å²) in [6.45, 7) is 0.210. The van der Waals surface area contributed by atoms with Gasteiger partial charge in [-0.3, -0.25) is 9.59 Å². The Labute approximate surface area is 181 Å². The number of hydrogen-bond acceptors (Lipinski definition) is 4. The first kappa shape index (κ1) is 22.9. The number of sulfonamides is 1. The van der Waals surface area contributed by atoms with Crippen molar-refractivity contribution < 1.29 is 22.4 Å². The number of carbonyl (C=O) groups excluding carboxylic acids is 2. The van der Waals surface area contributed by atoms with E-state index >= 15 is 0 Å². The van der Waals surface area contributed by atoms with E-state index in [1.54, 1.807) is 24.3 Å². The molecule has 0 aromatic heterocycles. The van der Waals surface area contributed by atoms with E-state index < -0.39 is 27.7 Å². The molecule has 0 bridgehead atoms. The predicted octanol–water partition coefficient (Wildman–Crippen LogP) is 2.73. The van der Waals surface area contributed by atoms with E-state index in [9.17, 15) is 22.4 Å². The zero-order valence-electron chi connectivity index (χ0n) is 17.1. The number of carbonyl (C=O) groups is 2. The van der Waals surface area contributed by atoms with Crippen LogP contribution in [-0.2, 0) is 26.0 Å². The Morgan fingerprint density at radius 2 is 1.55 bits per heavy atom. The first-order valence-electron chi connectivity index (χ1n) is 10.3. The number of anilines is 1. The van der Waals surface area contributed by atoms with Gasteiger partial charge in [-0.2, -0.15) is 0 Å². The van der Waals surface area contributed by atoms with Gasteiger partial charge in [-0.05, 0) is 61.2 Å². The summed E-state index contributed by atoms with van der Waals surface area (Å²) in [6, 6.07) is 11.6. The van der Waals surface area contributed by atoms with Crippen molar-refractivity contribution in [1.29, 1.82) is 0 Å². The molecule has 0 heterocycles. The van der Waals surface area contributed by atoms with Gasteiger partial charge in [0.05, 0.1) is 4.90 Å². The fraction of sp³-hybridized carbons (Fsp3) is 0.364. The van der Waals surface area contributed by atoms with Crippen LogP contribution in [0.1, 0.15) is 37.7 Å². The van der Waals surface area contributed by atoms with Crippen molar-refractivity contribution in [2.75, 3.05) is 11.9 Å². The number of benzene rings is 2. The Hall–Kier alpha value is -2.78. The van der Waals surface area contributed by atoms with E-state index in [0.717, 1.165) is 37.7 Å². The summed E-state index contributed by atoms with van der Waals surface area (Å²) in [5.41, 5.74) is 1.15. The first-order valence-corrected chi connectivity index (χ1v) is 11.8. The summed E-state index contributed by atoms with van der Waals surface area (Å²) in [5.74, 6) is -2.09. The van der Waals surface area contributed by atoms with Gasteiger partial charge in [0.15, 0.2) is 0 Å². The molecule has 1 saturated carbocycles. The van der Waals surface area contributed by atoms with E-state index in [0.29, 0.717) is 12.1 Å².